The zero-order valence-corrected chi connectivity index (χ0v) is 26.6. The summed E-state index contributed by atoms with van der Waals surface area (Å²) in [6.07, 6.45) is 26.7. The van der Waals surface area contributed by atoms with Crippen LogP contribution < -0.4 is 0 Å². The summed E-state index contributed by atoms with van der Waals surface area (Å²) in [5.41, 5.74) is 0.617. The summed E-state index contributed by atoms with van der Waals surface area (Å²) in [6, 6.07) is 0. The predicted octanol–water partition coefficient (Wildman–Crippen LogP) is 8.09. The Balaban J connectivity index is 1.37. The first kappa shape index (κ1) is 36.2. The first-order valence-electron chi connectivity index (χ1n) is 17.5. The molecular weight excluding hydrogens is 516 g/mol. The Labute approximate surface area is 251 Å². The zero-order chi connectivity index (χ0) is 29.7. The zero-order valence-electron chi connectivity index (χ0n) is 26.6. The second-order valence-corrected chi connectivity index (χ2v) is 13.0. The van der Waals surface area contributed by atoms with Gasteiger partial charge in [0.1, 0.15) is 6.10 Å². The topological polar surface area (TPSA) is 96.2 Å². The minimum Gasteiger partial charge on any atom is -0.455 e. The fraction of sp³-hybridized carbons (Fsp3) is 0.914. The summed E-state index contributed by atoms with van der Waals surface area (Å²) >= 11 is 0. The van der Waals surface area contributed by atoms with Gasteiger partial charge in [0.2, 0.25) is 0 Å². The third kappa shape index (κ3) is 16.5. The number of aliphatic hydroxyl groups excluding tert-OH is 3. The number of cyclic esters (lactones) is 1. The van der Waals surface area contributed by atoms with E-state index in [9.17, 15) is 20.1 Å². The van der Waals surface area contributed by atoms with E-state index < -0.39 is 18.3 Å². The number of esters is 1. The molecule has 6 atom stereocenters. The third-order valence-corrected chi connectivity index (χ3v) is 9.03. The molecule has 0 saturated carbocycles. The van der Waals surface area contributed by atoms with Gasteiger partial charge in [0.15, 0.2) is 0 Å². The van der Waals surface area contributed by atoms with Crippen molar-refractivity contribution in [2.75, 3.05) is 0 Å². The van der Waals surface area contributed by atoms with Crippen LogP contribution in [0.3, 0.4) is 0 Å². The van der Waals surface area contributed by atoms with Crippen molar-refractivity contribution >= 4 is 5.97 Å². The standard InChI is InChI=1S/C35H64O6/c1-3-4-5-6-7-8-9-13-16-19-22-31(37)33-24-25-34(41-33)32(38)23-20-17-14-11-10-12-15-18-21-30(36)27-29-26-28(2)40-35(29)39/h26,28,30-34,36-38H,3-25,27H2,1-2H3/t28-,30+,31+,32-,33+,34-/m1/s1. The van der Waals surface area contributed by atoms with Crippen LogP contribution in [0.5, 0.6) is 0 Å². The van der Waals surface area contributed by atoms with E-state index in [-0.39, 0.29) is 24.3 Å². The van der Waals surface area contributed by atoms with Gasteiger partial charge in [-0.3, -0.25) is 0 Å². The van der Waals surface area contributed by atoms with Crippen molar-refractivity contribution in [3.63, 3.8) is 0 Å². The van der Waals surface area contributed by atoms with Crippen molar-refractivity contribution < 1.29 is 29.6 Å². The van der Waals surface area contributed by atoms with E-state index in [4.69, 9.17) is 9.47 Å². The van der Waals surface area contributed by atoms with Gasteiger partial charge in [-0.1, -0.05) is 122 Å². The van der Waals surface area contributed by atoms with Crippen LogP contribution in [0, 0.1) is 0 Å². The Morgan fingerprint density at radius 1 is 0.683 bits per heavy atom. The molecule has 0 aliphatic carbocycles. The van der Waals surface area contributed by atoms with E-state index in [0.29, 0.717) is 12.0 Å². The SMILES string of the molecule is CCCCCCCCCCCC[C@H](O)[C@@H]1CC[C@H]([C@H](O)CCCCCCCCCC[C@H](O)CC2=C[C@@H](C)OC2=O)O1. The lowest BCUT2D eigenvalue weighted by atomic mass is 9.99. The molecule has 2 rings (SSSR count). The van der Waals surface area contributed by atoms with Gasteiger partial charge in [-0.15, -0.1) is 0 Å². The van der Waals surface area contributed by atoms with Crippen LogP contribution in [0.2, 0.25) is 0 Å². The monoisotopic (exact) mass is 580 g/mol. The van der Waals surface area contributed by atoms with Gasteiger partial charge >= 0.3 is 5.97 Å². The maximum atomic E-state index is 11.6. The molecular formula is C35H64O6. The van der Waals surface area contributed by atoms with Gasteiger partial charge in [0.05, 0.1) is 30.5 Å². The van der Waals surface area contributed by atoms with Gasteiger partial charge in [-0.05, 0) is 45.1 Å². The Bertz CT molecular complexity index is 694. The van der Waals surface area contributed by atoms with Crippen molar-refractivity contribution in [3.8, 4) is 0 Å². The lowest BCUT2D eigenvalue weighted by molar-refractivity contribution is -0.139. The van der Waals surface area contributed by atoms with E-state index in [1.807, 2.05) is 13.0 Å². The number of hydrogen-bond acceptors (Lipinski definition) is 6. The van der Waals surface area contributed by atoms with Crippen LogP contribution in [0.25, 0.3) is 0 Å². The Hall–Kier alpha value is -0.950. The fourth-order valence-electron chi connectivity index (χ4n) is 6.40. The van der Waals surface area contributed by atoms with Crippen molar-refractivity contribution in [3.05, 3.63) is 11.6 Å². The number of aliphatic hydroxyl groups is 3. The van der Waals surface area contributed by atoms with E-state index in [1.54, 1.807) is 0 Å². The normalized spacial score (nSPS) is 23.0. The summed E-state index contributed by atoms with van der Waals surface area (Å²) in [4.78, 5) is 11.6. The fourth-order valence-corrected chi connectivity index (χ4v) is 6.40. The molecule has 0 amide bonds. The average molecular weight is 581 g/mol. The van der Waals surface area contributed by atoms with Gasteiger partial charge in [0, 0.05) is 12.0 Å². The number of ether oxygens (including phenoxy) is 2. The molecule has 0 radical (unpaired) electrons. The van der Waals surface area contributed by atoms with Gasteiger partial charge in [-0.25, -0.2) is 4.79 Å². The average Bonchev–Trinajstić information content (AvgIpc) is 3.57. The molecule has 0 spiro atoms. The smallest absolute Gasteiger partial charge is 0.334 e. The van der Waals surface area contributed by atoms with E-state index in [0.717, 1.165) is 64.2 Å². The molecule has 0 aromatic heterocycles. The largest absolute Gasteiger partial charge is 0.455 e. The van der Waals surface area contributed by atoms with Crippen LogP contribution in [0.4, 0.5) is 0 Å². The van der Waals surface area contributed by atoms with Crippen LogP contribution >= 0.6 is 0 Å². The quantitative estimate of drug-likeness (QED) is 0.0707. The molecule has 1 saturated heterocycles. The minimum absolute atomic E-state index is 0.102. The number of carbonyl (C=O) groups excluding carboxylic acids is 1. The molecule has 1 fully saturated rings. The highest BCUT2D eigenvalue weighted by Crippen LogP contribution is 2.28. The van der Waals surface area contributed by atoms with Crippen molar-refractivity contribution in [2.45, 2.75) is 205 Å². The second-order valence-electron chi connectivity index (χ2n) is 13.0. The minimum atomic E-state index is -0.461. The lowest BCUT2D eigenvalue weighted by Gasteiger charge is -2.22. The molecule has 0 aromatic rings. The highest BCUT2D eigenvalue weighted by atomic mass is 16.5. The molecule has 6 nitrogen and oxygen atoms in total. The Morgan fingerprint density at radius 3 is 1.51 bits per heavy atom. The van der Waals surface area contributed by atoms with Crippen LogP contribution in [-0.2, 0) is 14.3 Å². The van der Waals surface area contributed by atoms with E-state index >= 15 is 0 Å². The van der Waals surface area contributed by atoms with E-state index in [1.165, 1.54) is 83.5 Å². The predicted molar refractivity (Wildman–Crippen MR) is 167 cm³/mol. The highest BCUT2D eigenvalue weighted by Gasteiger charge is 2.34. The number of carbonyl (C=O) groups is 1. The Kier molecular flexibility index (Phi) is 20.0. The molecule has 41 heavy (non-hydrogen) atoms. The molecule has 0 unspecified atom stereocenters. The summed E-state index contributed by atoms with van der Waals surface area (Å²) in [7, 11) is 0. The second kappa shape index (κ2) is 22.6. The molecule has 240 valence electrons. The maximum absolute atomic E-state index is 11.6. The van der Waals surface area contributed by atoms with Crippen LogP contribution in [-0.4, -0.2) is 57.9 Å². The highest BCUT2D eigenvalue weighted by molar-refractivity contribution is 5.90. The van der Waals surface area contributed by atoms with Gasteiger partial charge in [-0.2, -0.15) is 0 Å². The Morgan fingerprint density at radius 2 is 1.10 bits per heavy atom. The van der Waals surface area contributed by atoms with Crippen molar-refractivity contribution in [1.82, 2.24) is 0 Å². The number of rotatable bonds is 26. The summed E-state index contributed by atoms with van der Waals surface area (Å²) in [6.45, 7) is 4.10. The first-order valence-corrected chi connectivity index (χ1v) is 17.5. The van der Waals surface area contributed by atoms with Crippen LogP contribution in [0.1, 0.15) is 168 Å². The molecule has 0 bridgehead atoms. The third-order valence-electron chi connectivity index (χ3n) is 9.03. The molecule has 2 heterocycles. The number of hydrogen-bond donors (Lipinski definition) is 3. The molecule has 3 N–H and O–H groups in total. The van der Waals surface area contributed by atoms with Crippen molar-refractivity contribution in [1.29, 1.82) is 0 Å². The van der Waals surface area contributed by atoms with E-state index in [2.05, 4.69) is 6.92 Å². The molecule has 2 aliphatic heterocycles. The van der Waals surface area contributed by atoms with Gasteiger partial charge in [0.25, 0.3) is 0 Å². The summed E-state index contributed by atoms with van der Waals surface area (Å²) in [5, 5.41) is 31.4. The molecule has 0 aromatic carbocycles. The number of unbranched alkanes of at least 4 members (excludes halogenated alkanes) is 16. The molecule has 2 aliphatic rings. The van der Waals surface area contributed by atoms with Gasteiger partial charge < -0.3 is 24.8 Å². The summed E-state index contributed by atoms with van der Waals surface area (Å²) < 4.78 is 11.2. The maximum Gasteiger partial charge on any atom is 0.334 e. The summed E-state index contributed by atoms with van der Waals surface area (Å²) in [5.74, 6) is -0.280. The van der Waals surface area contributed by atoms with Crippen molar-refractivity contribution in [2.24, 2.45) is 0 Å². The first-order chi connectivity index (χ1) is 19.9. The molecule has 6 heteroatoms. The van der Waals surface area contributed by atoms with Crippen LogP contribution in [0.15, 0.2) is 11.6 Å². The lowest BCUT2D eigenvalue weighted by Crippen LogP contribution is -2.31.